The van der Waals surface area contributed by atoms with Gasteiger partial charge in [-0.3, -0.25) is 0 Å². The van der Waals surface area contributed by atoms with E-state index in [4.69, 9.17) is 14.2 Å². The quantitative estimate of drug-likeness (QED) is 0.272. The van der Waals surface area contributed by atoms with Gasteiger partial charge in [0.15, 0.2) is 6.29 Å². The number of esters is 1. The SMILES string of the molecule is CC(OC(C)(C)C)OC(C(=O)OC1CC2CCC(C1)[N+]21CCCC1)(c1ccccc1)c1ccccc1. The summed E-state index contributed by atoms with van der Waals surface area (Å²) in [6.07, 6.45) is 6.39. The number of ether oxygens (including phenoxy) is 3. The molecule has 2 bridgehead atoms. The first-order valence-corrected chi connectivity index (χ1v) is 13.8. The molecule has 3 unspecified atom stereocenters. The fourth-order valence-electron chi connectivity index (χ4n) is 7.24. The third kappa shape index (κ3) is 4.73. The lowest BCUT2D eigenvalue weighted by molar-refractivity contribution is -0.956. The summed E-state index contributed by atoms with van der Waals surface area (Å²) in [6.45, 7) is 10.4. The van der Waals surface area contributed by atoms with Crippen molar-refractivity contribution in [3.8, 4) is 0 Å². The molecule has 2 aromatic rings. The van der Waals surface area contributed by atoms with Gasteiger partial charge in [-0.15, -0.1) is 0 Å². The Kier molecular flexibility index (Phi) is 7.01. The molecule has 194 valence electrons. The first kappa shape index (κ1) is 25.4. The summed E-state index contributed by atoms with van der Waals surface area (Å²) in [6, 6.07) is 20.7. The zero-order chi connectivity index (χ0) is 25.4. The predicted octanol–water partition coefficient (Wildman–Crippen LogP) is 5.96. The second-order valence-corrected chi connectivity index (χ2v) is 12.0. The molecule has 5 heteroatoms. The Labute approximate surface area is 216 Å². The molecule has 1 spiro atoms. The highest BCUT2D eigenvalue weighted by molar-refractivity contribution is 5.86. The van der Waals surface area contributed by atoms with Crippen LogP contribution >= 0.6 is 0 Å². The topological polar surface area (TPSA) is 44.8 Å². The van der Waals surface area contributed by atoms with Gasteiger partial charge in [0.1, 0.15) is 6.10 Å². The van der Waals surface area contributed by atoms with Crippen molar-refractivity contribution >= 4 is 5.97 Å². The van der Waals surface area contributed by atoms with E-state index in [0.717, 1.165) is 24.0 Å². The van der Waals surface area contributed by atoms with Crippen molar-refractivity contribution in [2.75, 3.05) is 13.1 Å². The van der Waals surface area contributed by atoms with Crippen LogP contribution in [0.25, 0.3) is 0 Å². The Hall–Kier alpha value is -2.21. The Morgan fingerprint density at radius 2 is 1.33 bits per heavy atom. The van der Waals surface area contributed by atoms with E-state index >= 15 is 0 Å². The molecule has 0 radical (unpaired) electrons. The summed E-state index contributed by atoms with van der Waals surface area (Å²) in [5.74, 6) is -0.344. The molecule has 5 rings (SSSR count). The minimum absolute atomic E-state index is 0.0754. The summed E-state index contributed by atoms with van der Waals surface area (Å²) in [4.78, 5) is 14.4. The molecule has 0 saturated carbocycles. The highest BCUT2D eigenvalue weighted by atomic mass is 16.7. The molecular weight excluding hydrogens is 450 g/mol. The minimum Gasteiger partial charge on any atom is -0.459 e. The fraction of sp³-hybridized carbons (Fsp3) is 0.581. The highest BCUT2D eigenvalue weighted by Gasteiger charge is 2.57. The van der Waals surface area contributed by atoms with Crippen LogP contribution in [0.4, 0.5) is 0 Å². The van der Waals surface area contributed by atoms with Crippen molar-refractivity contribution in [1.82, 2.24) is 0 Å². The van der Waals surface area contributed by atoms with Crippen molar-refractivity contribution < 1.29 is 23.5 Å². The molecule has 0 aliphatic carbocycles. The number of nitrogens with zero attached hydrogens (tertiary/aromatic N) is 1. The van der Waals surface area contributed by atoms with Gasteiger partial charge in [0, 0.05) is 38.5 Å². The number of rotatable bonds is 7. The lowest BCUT2D eigenvalue weighted by Crippen LogP contribution is -2.60. The maximum Gasteiger partial charge on any atom is 0.348 e. The molecular formula is C31H42NO4+. The second kappa shape index (κ2) is 9.92. The summed E-state index contributed by atoms with van der Waals surface area (Å²) in [7, 11) is 0. The van der Waals surface area contributed by atoms with Gasteiger partial charge >= 0.3 is 5.97 Å². The summed E-state index contributed by atoms with van der Waals surface area (Å²) in [5.41, 5.74) is -0.318. The number of carbonyl (C=O) groups is 1. The van der Waals surface area contributed by atoms with Gasteiger partial charge in [-0.05, 0) is 38.8 Å². The van der Waals surface area contributed by atoms with Crippen LogP contribution < -0.4 is 0 Å². The standard InChI is InChI=1S/C31H42NO4/c1-23(35-30(2,3)4)36-31(24-13-7-5-8-14-24,25-15-9-6-10-16-25)29(33)34-28-21-26-17-18-27(22-28)32(26)19-11-12-20-32/h5-10,13-16,23,26-28H,11-12,17-22H2,1-4H3/q+1. The molecule has 3 saturated heterocycles. The van der Waals surface area contributed by atoms with E-state index in [2.05, 4.69) is 0 Å². The first-order valence-electron chi connectivity index (χ1n) is 13.8. The van der Waals surface area contributed by atoms with Crippen molar-refractivity contribution in [3.63, 3.8) is 0 Å². The van der Waals surface area contributed by atoms with E-state index in [9.17, 15) is 4.79 Å². The number of hydrogen-bond acceptors (Lipinski definition) is 4. The third-order valence-electron chi connectivity index (χ3n) is 8.54. The van der Waals surface area contributed by atoms with E-state index < -0.39 is 17.5 Å². The molecule has 3 heterocycles. The van der Waals surface area contributed by atoms with Crippen LogP contribution in [0.5, 0.6) is 0 Å². The monoisotopic (exact) mass is 492 g/mol. The van der Waals surface area contributed by atoms with Crippen LogP contribution in [0.3, 0.4) is 0 Å². The smallest absolute Gasteiger partial charge is 0.348 e. The molecule has 0 amide bonds. The van der Waals surface area contributed by atoms with Crippen molar-refractivity contribution in [3.05, 3.63) is 71.8 Å². The number of carbonyl (C=O) groups excluding carboxylic acids is 1. The first-order chi connectivity index (χ1) is 17.2. The number of hydrogen-bond donors (Lipinski definition) is 0. The molecule has 3 atom stereocenters. The van der Waals surface area contributed by atoms with E-state index in [1.54, 1.807) is 0 Å². The predicted molar refractivity (Wildman–Crippen MR) is 140 cm³/mol. The molecule has 3 fully saturated rings. The highest BCUT2D eigenvalue weighted by Crippen LogP contribution is 2.47. The Balaban J connectivity index is 1.48. The van der Waals surface area contributed by atoms with Crippen LogP contribution in [-0.4, -0.2) is 53.6 Å². The summed E-state index contributed by atoms with van der Waals surface area (Å²) >= 11 is 0. The van der Waals surface area contributed by atoms with E-state index in [0.29, 0.717) is 12.1 Å². The average Bonchev–Trinajstić information content (AvgIpc) is 3.39. The zero-order valence-corrected chi connectivity index (χ0v) is 22.3. The van der Waals surface area contributed by atoms with Crippen LogP contribution in [0.2, 0.25) is 0 Å². The largest absolute Gasteiger partial charge is 0.459 e. The van der Waals surface area contributed by atoms with Crippen LogP contribution in [0.15, 0.2) is 60.7 Å². The molecule has 36 heavy (non-hydrogen) atoms. The second-order valence-electron chi connectivity index (χ2n) is 12.0. The Bertz CT molecular complexity index is 970. The van der Waals surface area contributed by atoms with E-state index in [1.165, 1.54) is 43.3 Å². The maximum atomic E-state index is 14.4. The lowest BCUT2D eigenvalue weighted by atomic mass is 9.85. The lowest BCUT2D eigenvalue weighted by Gasteiger charge is -2.47. The number of piperidine rings is 1. The molecule has 3 aliphatic heterocycles. The van der Waals surface area contributed by atoms with Crippen molar-refractivity contribution in [2.24, 2.45) is 0 Å². The summed E-state index contributed by atoms with van der Waals surface area (Å²) < 4.78 is 20.5. The van der Waals surface area contributed by atoms with Crippen LogP contribution in [0, 0.1) is 0 Å². The van der Waals surface area contributed by atoms with Crippen molar-refractivity contribution in [1.29, 1.82) is 0 Å². The van der Waals surface area contributed by atoms with Gasteiger partial charge in [-0.2, -0.15) is 0 Å². The zero-order valence-electron chi connectivity index (χ0n) is 22.3. The van der Waals surface area contributed by atoms with Crippen LogP contribution in [0.1, 0.15) is 77.3 Å². The van der Waals surface area contributed by atoms with E-state index in [-0.39, 0.29) is 12.1 Å². The minimum atomic E-state index is -1.41. The number of benzene rings is 2. The van der Waals surface area contributed by atoms with Crippen LogP contribution in [-0.2, 0) is 24.6 Å². The third-order valence-corrected chi connectivity index (χ3v) is 8.54. The summed E-state index contributed by atoms with van der Waals surface area (Å²) in [5, 5.41) is 0. The molecule has 3 aliphatic rings. The molecule has 5 nitrogen and oxygen atoms in total. The van der Waals surface area contributed by atoms with Crippen molar-refractivity contribution in [2.45, 2.75) is 102 Å². The number of quaternary nitrogens is 1. The van der Waals surface area contributed by atoms with Gasteiger partial charge in [0.05, 0.1) is 30.8 Å². The molecule has 0 aromatic heterocycles. The molecule has 0 N–H and O–H groups in total. The molecule has 2 aromatic carbocycles. The fourth-order valence-corrected chi connectivity index (χ4v) is 7.24. The van der Waals surface area contributed by atoms with Gasteiger partial charge in [0.2, 0.25) is 5.60 Å². The average molecular weight is 493 g/mol. The Morgan fingerprint density at radius 3 is 1.81 bits per heavy atom. The Morgan fingerprint density at radius 1 is 0.833 bits per heavy atom. The van der Waals surface area contributed by atoms with Gasteiger partial charge < -0.3 is 18.7 Å². The maximum absolute atomic E-state index is 14.4. The van der Waals surface area contributed by atoms with Gasteiger partial charge in [0.25, 0.3) is 0 Å². The van der Waals surface area contributed by atoms with Gasteiger partial charge in [-0.1, -0.05) is 60.7 Å². The van der Waals surface area contributed by atoms with E-state index in [1.807, 2.05) is 88.4 Å². The van der Waals surface area contributed by atoms with Gasteiger partial charge in [-0.25, -0.2) is 4.79 Å². The normalized spacial score (nSPS) is 26.2.